The largest absolute Gasteiger partial charge is 0.491 e. The predicted molar refractivity (Wildman–Crippen MR) is 99.6 cm³/mol. The molecule has 0 atom stereocenters. The third-order valence-corrected chi connectivity index (χ3v) is 3.70. The van der Waals surface area contributed by atoms with Gasteiger partial charge in [0.1, 0.15) is 11.6 Å². The van der Waals surface area contributed by atoms with Crippen LogP contribution in [0.3, 0.4) is 0 Å². The maximum atomic E-state index is 13.9. The van der Waals surface area contributed by atoms with Crippen LogP contribution < -0.4 is 10.1 Å². The summed E-state index contributed by atoms with van der Waals surface area (Å²) < 4.78 is 19.5. The molecule has 0 unspecified atom stereocenters. The van der Waals surface area contributed by atoms with Crippen molar-refractivity contribution in [3.05, 3.63) is 66.1 Å². The Kier molecular flexibility index (Phi) is 5.73. The van der Waals surface area contributed by atoms with Gasteiger partial charge in [-0.1, -0.05) is 24.3 Å². The molecule has 5 nitrogen and oxygen atoms in total. The van der Waals surface area contributed by atoms with Gasteiger partial charge in [-0.05, 0) is 50.1 Å². The number of hydrogen-bond donors (Lipinski definition) is 1. The van der Waals surface area contributed by atoms with Crippen molar-refractivity contribution in [1.82, 2.24) is 15.2 Å². The number of aromatic nitrogens is 3. The molecule has 6 heteroatoms. The van der Waals surface area contributed by atoms with Gasteiger partial charge >= 0.3 is 0 Å². The zero-order valence-corrected chi connectivity index (χ0v) is 14.8. The van der Waals surface area contributed by atoms with Gasteiger partial charge in [-0.25, -0.2) is 9.37 Å². The highest BCUT2D eigenvalue weighted by Gasteiger charge is 2.07. The van der Waals surface area contributed by atoms with Crippen LogP contribution in [-0.2, 0) is 6.42 Å². The molecule has 0 radical (unpaired) electrons. The molecule has 2 aromatic carbocycles. The molecule has 1 N–H and O–H groups in total. The number of benzene rings is 2. The van der Waals surface area contributed by atoms with E-state index in [0.717, 1.165) is 12.2 Å². The average molecular weight is 352 g/mol. The Morgan fingerprint density at radius 3 is 2.58 bits per heavy atom. The SMILES string of the molecule is CC(C)Oc1ccc(CCNc2nncc(-c3ccccc3F)n2)cc1. The second-order valence-corrected chi connectivity index (χ2v) is 6.13. The smallest absolute Gasteiger partial charge is 0.243 e. The molecular weight excluding hydrogens is 331 g/mol. The molecule has 0 bridgehead atoms. The molecule has 0 aliphatic rings. The van der Waals surface area contributed by atoms with Crippen LogP contribution in [0, 0.1) is 5.82 Å². The van der Waals surface area contributed by atoms with Gasteiger partial charge in [0.2, 0.25) is 5.95 Å². The summed E-state index contributed by atoms with van der Waals surface area (Å²) in [6, 6.07) is 14.5. The lowest BCUT2D eigenvalue weighted by molar-refractivity contribution is 0.242. The van der Waals surface area contributed by atoms with Crippen molar-refractivity contribution >= 4 is 5.95 Å². The maximum absolute atomic E-state index is 13.9. The Balaban J connectivity index is 1.59. The number of ether oxygens (including phenoxy) is 1. The molecule has 0 amide bonds. The van der Waals surface area contributed by atoms with Crippen molar-refractivity contribution in [2.45, 2.75) is 26.4 Å². The van der Waals surface area contributed by atoms with E-state index in [-0.39, 0.29) is 11.9 Å². The molecular formula is C20H21FN4O. The summed E-state index contributed by atoms with van der Waals surface area (Å²) in [6.45, 7) is 4.65. The fraction of sp³-hybridized carbons (Fsp3) is 0.250. The Labute approximate surface area is 152 Å². The topological polar surface area (TPSA) is 59.9 Å². The van der Waals surface area contributed by atoms with E-state index in [1.807, 2.05) is 38.1 Å². The van der Waals surface area contributed by atoms with Crippen molar-refractivity contribution in [2.24, 2.45) is 0 Å². The highest BCUT2D eigenvalue weighted by Crippen LogP contribution is 2.20. The second-order valence-electron chi connectivity index (χ2n) is 6.13. The van der Waals surface area contributed by atoms with E-state index in [1.165, 1.54) is 17.8 Å². The lowest BCUT2D eigenvalue weighted by Gasteiger charge is -2.10. The van der Waals surface area contributed by atoms with Crippen molar-refractivity contribution in [1.29, 1.82) is 0 Å². The molecule has 0 aliphatic heterocycles. The Morgan fingerprint density at radius 1 is 1.08 bits per heavy atom. The van der Waals surface area contributed by atoms with Crippen LogP contribution in [0.1, 0.15) is 19.4 Å². The lowest BCUT2D eigenvalue weighted by atomic mass is 10.1. The van der Waals surface area contributed by atoms with E-state index < -0.39 is 0 Å². The number of nitrogens with zero attached hydrogens (tertiary/aromatic N) is 3. The van der Waals surface area contributed by atoms with E-state index >= 15 is 0 Å². The molecule has 0 saturated carbocycles. The molecule has 0 saturated heterocycles. The number of hydrogen-bond acceptors (Lipinski definition) is 5. The van der Waals surface area contributed by atoms with E-state index in [4.69, 9.17) is 4.74 Å². The average Bonchev–Trinajstić information content (AvgIpc) is 2.63. The first-order valence-corrected chi connectivity index (χ1v) is 8.56. The van der Waals surface area contributed by atoms with Crippen molar-refractivity contribution in [3.8, 4) is 17.0 Å². The normalized spacial score (nSPS) is 10.8. The van der Waals surface area contributed by atoms with Crippen LogP contribution in [-0.4, -0.2) is 27.8 Å². The highest BCUT2D eigenvalue weighted by molar-refractivity contribution is 5.59. The Bertz CT molecular complexity index is 852. The standard InChI is InChI=1S/C20H21FN4O/c1-14(2)26-16-9-7-15(8-10-16)11-12-22-20-24-19(13-23-25-20)17-5-3-4-6-18(17)21/h3-10,13-14H,11-12H2,1-2H3,(H,22,24,25). The molecule has 1 heterocycles. The monoisotopic (exact) mass is 352 g/mol. The predicted octanol–water partition coefficient (Wildman–Crippen LogP) is 4.12. The van der Waals surface area contributed by atoms with Gasteiger partial charge < -0.3 is 10.1 Å². The first-order valence-electron chi connectivity index (χ1n) is 8.56. The van der Waals surface area contributed by atoms with E-state index in [9.17, 15) is 4.39 Å². The third-order valence-electron chi connectivity index (χ3n) is 3.70. The molecule has 3 aromatic rings. The molecule has 0 fully saturated rings. The van der Waals surface area contributed by atoms with Crippen LogP contribution in [0.15, 0.2) is 54.7 Å². The lowest BCUT2D eigenvalue weighted by Crippen LogP contribution is -2.09. The minimum absolute atomic E-state index is 0.161. The van der Waals surface area contributed by atoms with Gasteiger partial charge in [0.25, 0.3) is 0 Å². The minimum atomic E-state index is -0.331. The summed E-state index contributed by atoms with van der Waals surface area (Å²) in [6.07, 6.45) is 2.42. The molecule has 3 rings (SSSR count). The van der Waals surface area contributed by atoms with Gasteiger partial charge in [0.15, 0.2) is 0 Å². The summed E-state index contributed by atoms with van der Waals surface area (Å²) in [5, 5.41) is 11.0. The number of halogens is 1. The Morgan fingerprint density at radius 2 is 1.85 bits per heavy atom. The van der Waals surface area contributed by atoms with Gasteiger partial charge in [0.05, 0.1) is 18.0 Å². The zero-order chi connectivity index (χ0) is 18.4. The van der Waals surface area contributed by atoms with Gasteiger partial charge in [-0.15, -0.1) is 5.10 Å². The minimum Gasteiger partial charge on any atom is -0.491 e. The molecule has 0 spiro atoms. The van der Waals surface area contributed by atoms with Crippen LogP contribution in [0.25, 0.3) is 11.3 Å². The van der Waals surface area contributed by atoms with Crippen molar-refractivity contribution in [3.63, 3.8) is 0 Å². The summed E-state index contributed by atoms with van der Waals surface area (Å²) in [5.41, 5.74) is 2.04. The summed E-state index contributed by atoms with van der Waals surface area (Å²) in [4.78, 5) is 4.34. The van der Waals surface area contributed by atoms with Crippen LogP contribution in [0.5, 0.6) is 5.75 Å². The van der Waals surface area contributed by atoms with Crippen molar-refractivity contribution in [2.75, 3.05) is 11.9 Å². The maximum Gasteiger partial charge on any atom is 0.243 e. The number of nitrogens with one attached hydrogen (secondary N) is 1. The van der Waals surface area contributed by atoms with Crippen LogP contribution in [0.4, 0.5) is 10.3 Å². The van der Waals surface area contributed by atoms with E-state index in [0.29, 0.717) is 23.8 Å². The first-order chi connectivity index (χ1) is 12.6. The second kappa shape index (κ2) is 8.38. The van der Waals surface area contributed by atoms with Gasteiger partial charge in [-0.2, -0.15) is 5.10 Å². The molecule has 0 aliphatic carbocycles. The van der Waals surface area contributed by atoms with Crippen LogP contribution >= 0.6 is 0 Å². The van der Waals surface area contributed by atoms with Crippen LogP contribution in [0.2, 0.25) is 0 Å². The summed E-state index contributed by atoms with van der Waals surface area (Å²) >= 11 is 0. The fourth-order valence-corrected chi connectivity index (χ4v) is 2.50. The summed E-state index contributed by atoms with van der Waals surface area (Å²) in [7, 11) is 0. The summed E-state index contributed by atoms with van der Waals surface area (Å²) in [5.74, 6) is 0.912. The highest BCUT2D eigenvalue weighted by atomic mass is 19.1. The molecule has 134 valence electrons. The molecule has 26 heavy (non-hydrogen) atoms. The first kappa shape index (κ1) is 17.8. The van der Waals surface area contributed by atoms with Crippen molar-refractivity contribution < 1.29 is 9.13 Å². The fourth-order valence-electron chi connectivity index (χ4n) is 2.50. The van der Waals surface area contributed by atoms with Gasteiger partial charge in [0, 0.05) is 12.1 Å². The number of anilines is 1. The van der Waals surface area contributed by atoms with Gasteiger partial charge in [-0.3, -0.25) is 0 Å². The van der Waals surface area contributed by atoms with E-state index in [2.05, 4.69) is 20.5 Å². The Hall–Kier alpha value is -3.02. The quantitative estimate of drug-likeness (QED) is 0.693. The van der Waals surface area contributed by atoms with E-state index in [1.54, 1.807) is 18.2 Å². The molecule has 1 aromatic heterocycles. The number of rotatable bonds is 7. The zero-order valence-electron chi connectivity index (χ0n) is 14.8. The third kappa shape index (κ3) is 4.75.